The van der Waals surface area contributed by atoms with E-state index < -0.39 is 11.6 Å². The van der Waals surface area contributed by atoms with Crippen LogP contribution in [0.5, 0.6) is 0 Å². The fourth-order valence-corrected chi connectivity index (χ4v) is 0.771. The Morgan fingerprint density at radius 1 is 1.38 bits per heavy atom. The van der Waals surface area contributed by atoms with E-state index in [1.165, 1.54) is 6.07 Å². The molecule has 4 N–H and O–H groups in total. The molecular weight excluding hydrogens is 196 g/mol. The minimum atomic E-state index is -0.719. The van der Waals surface area contributed by atoms with Crippen molar-refractivity contribution in [3.63, 3.8) is 0 Å². The predicted molar refractivity (Wildman–Crippen MR) is 49.9 cm³/mol. The van der Waals surface area contributed by atoms with Crippen LogP contribution in [0.2, 0.25) is 0 Å². The summed E-state index contributed by atoms with van der Waals surface area (Å²) in [7, 11) is 0. The highest BCUT2D eigenvalue weighted by Gasteiger charge is 2.02. The molecule has 1 aromatic rings. The smallest absolute Gasteiger partial charge is 0.182 e. The van der Waals surface area contributed by atoms with E-state index in [4.69, 9.17) is 5.73 Å². The summed E-state index contributed by atoms with van der Waals surface area (Å²) in [4.78, 5) is 0. The Bertz CT molecular complexity index is 330. The van der Waals surface area contributed by atoms with Gasteiger partial charge in [0.1, 0.15) is 5.82 Å². The topological polar surface area (TPSA) is 50.1 Å². The van der Waals surface area contributed by atoms with Gasteiger partial charge in [0, 0.05) is 6.07 Å². The van der Waals surface area contributed by atoms with E-state index in [0.717, 1.165) is 12.1 Å². The Morgan fingerprint density at radius 3 is 2.62 bits per heavy atom. The molecule has 0 saturated carbocycles. The predicted octanol–water partition coefficient (Wildman–Crippen LogP) is 1.12. The van der Waals surface area contributed by atoms with Crippen LogP contribution >= 0.6 is 12.2 Å². The summed E-state index contributed by atoms with van der Waals surface area (Å²) in [5.74, 6) is -1.36. The van der Waals surface area contributed by atoms with Crippen LogP contribution in [-0.4, -0.2) is 5.11 Å². The first-order valence-corrected chi connectivity index (χ1v) is 3.77. The summed E-state index contributed by atoms with van der Waals surface area (Å²) in [6, 6.07) is 3.10. The summed E-state index contributed by atoms with van der Waals surface area (Å²) in [6.07, 6.45) is 0. The molecule has 0 heterocycles. The number of hydrogen-bond donors (Lipinski definition) is 3. The van der Waals surface area contributed by atoms with Gasteiger partial charge in [-0.25, -0.2) is 8.78 Å². The maximum absolute atomic E-state index is 12.9. The minimum Gasteiger partial charge on any atom is -0.375 e. The van der Waals surface area contributed by atoms with Crippen molar-refractivity contribution in [2.45, 2.75) is 0 Å². The molecule has 1 rings (SSSR count). The number of hydrazine groups is 1. The van der Waals surface area contributed by atoms with Crippen molar-refractivity contribution in [3.05, 3.63) is 29.8 Å². The van der Waals surface area contributed by atoms with E-state index in [1.54, 1.807) is 0 Å². The van der Waals surface area contributed by atoms with Crippen LogP contribution in [0, 0.1) is 11.6 Å². The van der Waals surface area contributed by atoms with Crippen LogP contribution in [-0.2, 0) is 0 Å². The van der Waals surface area contributed by atoms with Gasteiger partial charge in [-0.15, -0.1) is 0 Å². The van der Waals surface area contributed by atoms with E-state index in [9.17, 15) is 8.78 Å². The molecule has 0 amide bonds. The van der Waals surface area contributed by atoms with Gasteiger partial charge >= 0.3 is 0 Å². The molecule has 0 spiro atoms. The molecule has 0 unspecified atom stereocenters. The first-order chi connectivity index (χ1) is 6.09. The van der Waals surface area contributed by atoms with Gasteiger partial charge in [-0.3, -0.25) is 10.9 Å². The van der Waals surface area contributed by atoms with Gasteiger partial charge in [0.05, 0.1) is 5.69 Å². The number of anilines is 1. The Hall–Kier alpha value is -1.43. The molecule has 0 atom stereocenters. The lowest BCUT2D eigenvalue weighted by Crippen LogP contribution is -2.34. The van der Waals surface area contributed by atoms with Crippen LogP contribution in [0.3, 0.4) is 0 Å². The van der Waals surface area contributed by atoms with Gasteiger partial charge in [-0.1, -0.05) is 0 Å². The largest absolute Gasteiger partial charge is 0.375 e. The minimum absolute atomic E-state index is 0.0243. The Kier molecular flexibility index (Phi) is 2.97. The fourth-order valence-electron chi connectivity index (χ4n) is 0.720. The molecule has 0 saturated heterocycles. The van der Waals surface area contributed by atoms with Crippen molar-refractivity contribution in [1.82, 2.24) is 5.43 Å². The third-order valence-electron chi connectivity index (χ3n) is 1.25. The lowest BCUT2D eigenvalue weighted by molar-refractivity contribution is 0.585. The first kappa shape index (κ1) is 9.66. The SMILES string of the molecule is NC(=S)NNc1ccc(F)cc1F. The van der Waals surface area contributed by atoms with Crippen molar-refractivity contribution < 1.29 is 8.78 Å². The number of rotatable bonds is 2. The molecule has 0 bridgehead atoms. The lowest BCUT2D eigenvalue weighted by Gasteiger charge is -2.07. The van der Waals surface area contributed by atoms with Crippen LogP contribution in [0.15, 0.2) is 18.2 Å². The van der Waals surface area contributed by atoms with Gasteiger partial charge in [0.2, 0.25) is 0 Å². The highest BCUT2D eigenvalue weighted by Crippen LogP contribution is 2.13. The van der Waals surface area contributed by atoms with Gasteiger partial charge in [0.15, 0.2) is 10.9 Å². The molecule has 3 nitrogen and oxygen atoms in total. The standard InChI is InChI=1S/C7H7F2N3S/c8-4-1-2-6(5(9)3-4)11-12-7(10)13/h1-3,11H,(H3,10,12,13). The molecule has 0 radical (unpaired) electrons. The van der Waals surface area contributed by atoms with Gasteiger partial charge < -0.3 is 5.73 Å². The molecule has 70 valence electrons. The molecule has 0 aromatic heterocycles. The molecule has 1 aromatic carbocycles. The normalized spacial score (nSPS) is 9.38. The highest BCUT2D eigenvalue weighted by molar-refractivity contribution is 7.80. The second kappa shape index (κ2) is 3.99. The van der Waals surface area contributed by atoms with E-state index in [2.05, 4.69) is 23.1 Å². The number of nitrogens with two attached hydrogens (primary N) is 1. The second-order valence-electron chi connectivity index (χ2n) is 2.24. The van der Waals surface area contributed by atoms with Gasteiger partial charge in [0.25, 0.3) is 0 Å². The first-order valence-electron chi connectivity index (χ1n) is 3.36. The van der Waals surface area contributed by atoms with Crippen molar-refractivity contribution in [2.24, 2.45) is 5.73 Å². The van der Waals surface area contributed by atoms with E-state index in [-0.39, 0.29) is 10.8 Å². The zero-order chi connectivity index (χ0) is 9.84. The van der Waals surface area contributed by atoms with Crippen molar-refractivity contribution >= 4 is 23.0 Å². The van der Waals surface area contributed by atoms with E-state index in [0.29, 0.717) is 0 Å². The summed E-state index contributed by atoms with van der Waals surface area (Å²) in [5.41, 5.74) is 9.86. The molecule has 0 fully saturated rings. The Morgan fingerprint density at radius 2 is 2.08 bits per heavy atom. The average molecular weight is 203 g/mol. The molecule has 0 aliphatic rings. The third-order valence-corrected chi connectivity index (χ3v) is 1.35. The number of benzene rings is 1. The van der Waals surface area contributed by atoms with Crippen molar-refractivity contribution in [1.29, 1.82) is 0 Å². The van der Waals surface area contributed by atoms with E-state index >= 15 is 0 Å². The molecule has 0 aliphatic heterocycles. The Balaban J connectivity index is 2.72. The zero-order valence-corrected chi connectivity index (χ0v) is 7.29. The molecule has 6 heteroatoms. The van der Waals surface area contributed by atoms with Gasteiger partial charge in [-0.05, 0) is 24.4 Å². The van der Waals surface area contributed by atoms with Gasteiger partial charge in [-0.2, -0.15) is 0 Å². The second-order valence-corrected chi connectivity index (χ2v) is 2.68. The molecule has 0 aliphatic carbocycles. The monoisotopic (exact) mass is 203 g/mol. The number of hydrogen-bond acceptors (Lipinski definition) is 2. The average Bonchev–Trinajstić information content (AvgIpc) is 2.02. The summed E-state index contributed by atoms with van der Waals surface area (Å²) in [5, 5.41) is -0.0243. The quantitative estimate of drug-likeness (QED) is 0.498. The summed E-state index contributed by atoms with van der Waals surface area (Å²) < 4.78 is 25.3. The van der Waals surface area contributed by atoms with Crippen LogP contribution in [0.25, 0.3) is 0 Å². The Labute approximate surface area is 78.9 Å². The van der Waals surface area contributed by atoms with Crippen LogP contribution < -0.4 is 16.6 Å². The molecular formula is C7H7F2N3S. The maximum Gasteiger partial charge on any atom is 0.182 e. The zero-order valence-electron chi connectivity index (χ0n) is 6.47. The van der Waals surface area contributed by atoms with Crippen LogP contribution in [0.4, 0.5) is 14.5 Å². The summed E-state index contributed by atoms with van der Waals surface area (Å²) in [6.45, 7) is 0. The highest BCUT2D eigenvalue weighted by atomic mass is 32.1. The lowest BCUT2D eigenvalue weighted by atomic mass is 10.3. The van der Waals surface area contributed by atoms with Crippen molar-refractivity contribution in [2.75, 3.05) is 5.43 Å². The summed E-state index contributed by atoms with van der Waals surface area (Å²) >= 11 is 4.47. The fraction of sp³-hybridized carbons (Fsp3) is 0. The maximum atomic E-state index is 12.9. The molecule has 13 heavy (non-hydrogen) atoms. The van der Waals surface area contributed by atoms with E-state index in [1.807, 2.05) is 0 Å². The number of halogens is 2. The number of nitrogens with one attached hydrogen (secondary N) is 2. The van der Waals surface area contributed by atoms with Crippen molar-refractivity contribution in [3.8, 4) is 0 Å². The third kappa shape index (κ3) is 2.83. The van der Waals surface area contributed by atoms with Crippen LogP contribution in [0.1, 0.15) is 0 Å². The number of thiocarbonyl (C=S) groups is 1.